The molecule has 1 aromatic heterocycles. The van der Waals surface area contributed by atoms with Crippen LogP contribution in [0.25, 0.3) is 0 Å². The van der Waals surface area contributed by atoms with Crippen molar-refractivity contribution in [2.24, 2.45) is 5.92 Å². The van der Waals surface area contributed by atoms with Crippen molar-refractivity contribution in [3.63, 3.8) is 0 Å². The molecule has 3 aliphatic rings. The Kier molecular flexibility index (Phi) is 13.7. The number of piperidine rings is 3. The molecule has 0 saturated carbocycles. The highest BCUT2D eigenvalue weighted by Gasteiger charge is 2.38. The number of hydrogen-bond acceptors (Lipinski definition) is 10. The lowest BCUT2D eigenvalue weighted by Crippen LogP contribution is -2.52. The molecule has 54 heavy (non-hydrogen) atoms. The van der Waals surface area contributed by atoms with E-state index < -0.39 is 42.4 Å². The van der Waals surface area contributed by atoms with Crippen LogP contribution in [-0.4, -0.2) is 74.7 Å². The second-order valence-electron chi connectivity index (χ2n) is 12.9. The van der Waals surface area contributed by atoms with Gasteiger partial charge in [0.1, 0.15) is 34.6 Å². The van der Waals surface area contributed by atoms with Gasteiger partial charge in [-0.25, -0.2) is 14.2 Å². The molecule has 0 radical (unpaired) electrons. The standard InChI is InChI=1S/C39H39Cl2FN4O7.H2O/c1-50-32-10-9-24(17-34(32)51-2)33(18-29-30(40)19-43-20-31(29)41)52-36(47)21-44-38(48)26-6-4-8-28(16-26)45-37(25-5-3-7-27(42)15-25)39(49)53-35-22-46-13-11-23(35)12-14-46;/h3-10,15-17,19-20,23,33,35,37,45H,11-14,18,21-22H2,1-2H3,(H,44,48);1H2/t33?,35-,37?;/m0./s1. The minimum absolute atomic E-state index is 0. The van der Waals surface area contributed by atoms with Gasteiger partial charge in [0.05, 0.1) is 14.2 Å². The maximum Gasteiger partial charge on any atom is 0.333 e. The number of benzene rings is 3. The first kappa shape index (κ1) is 40.2. The lowest BCUT2D eigenvalue weighted by atomic mass is 9.86. The van der Waals surface area contributed by atoms with Crippen LogP contribution in [0.4, 0.5) is 10.1 Å². The second-order valence-corrected chi connectivity index (χ2v) is 13.8. The number of halogens is 3. The molecule has 4 aromatic rings. The number of hydrogen-bond donors (Lipinski definition) is 2. The van der Waals surface area contributed by atoms with Crippen LogP contribution in [-0.2, 0) is 25.5 Å². The molecule has 3 atom stereocenters. The molecule has 4 heterocycles. The van der Waals surface area contributed by atoms with Crippen LogP contribution >= 0.6 is 23.2 Å². The first-order chi connectivity index (χ1) is 25.6. The second kappa shape index (κ2) is 18.4. The van der Waals surface area contributed by atoms with Gasteiger partial charge in [0.15, 0.2) is 29.9 Å². The van der Waals surface area contributed by atoms with Crippen LogP contribution in [0.3, 0.4) is 0 Å². The zero-order chi connectivity index (χ0) is 37.5. The number of fused-ring (bicyclic) bond motifs is 3. The number of esters is 2. The third kappa shape index (κ3) is 9.77. The first-order valence-electron chi connectivity index (χ1n) is 17.2. The maximum absolute atomic E-state index is 14.3. The third-order valence-corrected chi connectivity index (χ3v) is 10.2. The summed E-state index contributed by atoms with van der Waals surface area (Å²) in [6.45, 7) is 2.20. The molecular formula is C39H41Cl2FN4O8. The summed E-state index contributed by atoms with van der Waals surface area (Å²) in [7, 11) is 3.01. The topological polar surface area (TPSA) is 160 Å². The molecule has 286 valence electrons. The number of nitrogens with one attached hydrogen (secondary N) is 3. The molecule has 1 amide bonds. The molecule has 7 rings (SSSR count). The number of pyridine rings is 1. The van der Waals surface area contributed by atoms with Crippen molar-refractivity contribution >= 4 is 46.7 Å². The van der Waals surface area contributed by atoms with E-state index >= 15 is 0 Å². The average Bonchev–Trinajstić information content (AvgIpc) is 3.17. The largest absolute Gasteiger partial charge is 0.870 e. The molecule has 0 aliphatic carbocycles. The van der Waals surface area contributed by atoms with Crippen LogP contribution in [0, 0.1) is 11.7 Å². The molecule has 12 nitrogen and oxygen atoms in total. The molecule has 3 aliphatic heterocycles. The van der Waals surface area contributed by atoms with E-state index in [2.05, 4.69) is 20.5 Å². The number of H-pyrrole nitrogens is 1. The summed E-state index contributed by atoms with van der Waals surface area (Å²) in [5.74, 6) is -1.10. The van der Waals surface area contributed by atoms with Crippen LogP contribution in [0.15, 0.2) is 79.1 Å². The number of rotatable bonds is 14. The first-order valence-corrected chi connectivity index (χ1v) is 18.0. The van der Waals surface area contributed by atoms with Gasteiger partial charge >= 0.3 is 11.9 Å². The fraction of sp³-hybridized carbons (Fsp3) is 0.333. The van der Waals surface area contributed by atoms with E-state index in [4.69, 9.17) is 42.1 Å². The van der Waals surface area contributed by atoms with Gasteiger partial charge in [-0.2, -0.15) is 0 Å². The quantitative estimate of drug-likeness (QED) is 0.149. The summed E-state index contributed by atoms with van der Waals surface area (Å²) in [4.78, 5) is 45.3. The average molecular weight is 784 g/mol. The summed E-state index contributed by atoms with van der Waals surface area (Å²) < 4.78 is 37.0. The number of anilines is 1. The molecule has 4 N–H and O–H groups in total. The van der Waals surface area contributed by atoms with Crippen molar-refractivity contribution in [3.05, 3.63) is 117 Å². The molecule has 3 saturated heterocycles. The Morgan fingerprint density at radius 3 is 2.31 bits per heavy atom. The van der Waals surface area contributed by atoms with Crippen molar-refractivity contribution in [3.8, 4) is 11.5 Å². The minimum Gasteiger partial charge on any atom is -0.870 e. The molecule has 2 unspecified atom stereocenters. The summed E-state index contributed by atoms with van der Waals surface area (Å²) in [5, 5.41) is 6.46. The van der Waals surface area contributed by atoms with E-state index in [1.807, 2.05) is 0 Å². The van der Waals surface area contributed by atoms with Gasteiger partial charge in [-0.15, -0.1) is 0 Å². The fourth-order valence-corrected chi connectivity index (χ4v) is 7.27. The minimum atomic E-state index is -1.03. The number of nitrogens with zero attached hydrogens (tertiary/aromatic N) is 1. The normalized spacial score (nSPS) is 18.4. The third-order valence-electron chi connectivity index (χ3n) is 9.55. The van der Waals surface area contributed by atoms with E-state index in [-0.39, 0.29) is 29.5 Å². The number of carbonyl (C=O) groups is 3. The monoisotopic (exact) mass is 782 g/mol. The Morgan fingerprint density at radius 2 is 1.65 bits per heavy atom. The van der Waals surface area contributed by atoms with Crippen molar-refractivity contribution in [1.29, 1.82) is 0 Å². The molecular weight excluding hydrogens is 742 g/mol. The van der Waals surface area contributed by atoms with Gasteiger partial charge < -0.3 is 35.1 Å². The highest BCUT2D eigenvalue weighted by Crippen LogP contribution is 2.35. The number of aromatic amines is 1. The highest BCUT2D eigenvalue weighted by molar-refractivity contribution is 6.35. The fourth-order valence-electron chi connectivity index (χ4n) is 6.74. The van der Waals surface area contributed by atoms with Crippen LogP contribution in [0.5, 0.6) is 11.5 Å². The van der Waals surface area contributed by atoms with E-state index in [9.17, 15) is 18.8 Å². The van der Waals surface area contributed by atoms with Gasteiger partial charge in [0.2, 0.25) is 0 Å². The van der Waals surface area contributed by atoms with Crippen molar-refractivity contribution in [2.45, 2.75) is 37.5 Å². The lowest BCUT2D eigenvalue weighted by Gasteiger charge is -2.44. The van der Waals surface area contributed by atoms with Crippen molar-refractivity contribution in [1.82, 2.24) is 10.2 Å². The molecule has 15 heteroatoms. The Morgan fingerprint density at radius 1 is 0.926 bits per heavy atom. The molecule has 0 spiro atoms. The van der Waals surface area contributed by atoms with Gasteiger partial charge in [0.25, 0.3) is 5.91 Å². The van der Waals surface area contributed by atoms with Crippen LogP contribution in [0.2, 0.25) is 10.0 Å². The molecule has 3 aromatic carbocycles. The number of amides is 1. The Hall–Kier alpha value is -4.95. The maximum atomic E-state index is 14.3. The number of methoxy groups -OCH3 is 2. The predicted molar refractivity (Wildman–Crippen MR) is 198 cm³/mol. The van der Waals surface area contributed by atoms with E-state index in [1.54, 1.807) is 54.9 Å². The Labute approximate surface area is 322 Å². The summed E-state index contributed by atoms with van der Waals surface area (Å²) >= 11 is 12.9. The molecule has 2 bridgehead atoms. The predicted octanol–water partition coefficient (Wildman–Crippen LogP) is 5.83. The van der Waals surface area contributed by atoms with Crippen molar-refractivity contribution in [2.75, 3.05) is 45.7 Å². The Balaban J connectivity index is 0.00000561. The lowest BCUT2D eigenvalue weighted by molar-refractivity contribution is -0.377. The van der Waals surface area contributed by atoms with Gasteiger partial charge in [0, 0.05) is 29.8 Å². The summed E-state index contributed by atoms with van der Waals surface area (Å²) in [5.41, 5.74) is 2.15. The van der Waals surface area contributed by atoms with Crippen LogP contribution < -0.4 is 25.1 Å². The number of aromatic nitrogens is 1. The van der Waals surface area contributed by atoms with Gasteiger partial charge in [-0.1, -0.05) is 47.5 Å². The SMILES string of the molecule is COc1ccc(C(Cc2c(Cl)c[nH+]cc2Cl)OC(=O)CNC(=O)c2cccc(NC(C(=O)O[C@H]3CN4CCC3CC4)c3cccc(F)c3)c2)cc1OC.[OH-]. The van der Waals surface area contributed by atoms with E-state index in [0.717, 1.165) is 25.9 Å². The van der Waals surface area contributed by atoms with Gasteiger partial charge in [-0.05, 0) is 85.4 Å². The van der Waals surface area contributed by atoms with E-state index in [1.165, 1.54) is 38.5 Å². The van der Waals surface area contributed by atoms with Crippen molar-refractivity contribution < 1.29 is 48.2 Å². The highest BCUT2D eigenvalue weighted by atomic mass is 35.5. The zero-order valence-electron chi connectivity index (χ0n) is 29.7. The summed E-state index contributed by atoms with van der Waals surface area (Å²) in [6.07, 6.45) is 4.10. The van der Waals surface area contributed by atoms with Crippen LogP contribution in [0.1, 0.15) is 52.0 Å². The molecule has 3 fully saturated rings. The smallest absolute Gasteiger partial charge is 0.333 e. The summed E-state index contributed by atoms with van der Waals surface area (Å²) in [6, 6.07) is 16.3. The zero-order valence-corrected chi connectivity index (χ0v) is 31.2. The Bertz CT molecular complexity index is 1940. The number of carbonyl (C=O) groups excluding carboxylic acids is 3. The number of ether oxygens (including phenoxy) is 4. The van der Waals surface area contributed by atoms with E-state index in [0.29, 0.717) is 50.5 Å². The van der Waals surface area contributed by atoms with Gasteiger partial charge in [-0.3, -0.25) is 14.5 Å².